The fourth-order valence-corrected chi connectivity index (χ4v) is 5.78. The molecule has 0 unspecified atom stereocenters. The third-order valence-electron chi connectivity index (χ3n) is 8.01. The van der Waals surface area contributed by atoms with Crippen LogP contribution in [0.25, 0.3) is 0 Å². The Hall–Kier alpha value is -0.920. The van der Waals surface area contributed by atoms with Crippen molar-refractivity contribution in [3.63, 3.8) is 0 Å². The summed E-state index contributed by atoms with van der Waals surface area (Å²) in [6.45, 7) is 4.48. The lowest BCUT2D eigenvalue weighted by Crippen LogP contribution is -2.18. The summed E-state index contributed by atoms with van der Waals surface area (Å²) in [5.41, 5.74) is 1.26. The van der Waals surface area contributed by atoms with Gasteiger partial charge < -0.3 is 0 Å². The van der Waals surface area contributed by atoms with Gasteiger partial charge in [-0.05, 0) is 55.4 Å². The van der Waals surface area contributed by atoms with E-state index >= 15 is 0 Å². The third kappa shape index (κ3) is 7.68. The lowest BCUT2D eigenvalue weighted by Gasteiger charge is -2.31. The van der Waals surface area contributed by atoms with E-state index in [2.05, 4.69) is 23.8 Å². The quantitative estimate of drug-likeness (QED) is 0.350. The molecule has 29 heavy (non-hydrogen) atoms. The van der Waals surface area contributed by atoms with Crippen molar-refractivity contribution >= 4 is 0 Å². The highest BCUT2D eigenvalue weighted by molar-refractivity contribution is 5.07. The maximum atomic E-state index is 4.65. The Labute approximate surface area is 180 Å². The van der Waals surface area contributed by atoms with Crippen molar-refractivity contribution in [2.45, 2.75) is 129 Å². The molecule has 164 valence electrons. The van der Waals surface area contributed by atoms with Crippen LogP contribution in [-0.4, -0.2) is 9.97 Å². The first kappa shape index (κ1) is 22.8. The summed E-state index contributed by atoms with van der Waals surface area (Å²) in [6.07, 6.45) is 28.3. The second-order valence-corrected chi connectivity index (χ2v) is 10.2. The molecule has 0 saturated heterocycles. The predicted octanol–water partition coefficient (Wildman–Crippen LogP) is 8.26. The first-order chi connectivity index (χ1) is 14.3. The molecular weight excluding hydrogens is 352 g/mol. The summed E-state index contributed by atoms with van der Waals surface area (Å²) in [4.78, 5) is 9.30. The maximum Gasteiger partial charge on any atom is 0.131 e. The summed E-state index contributed by atoms with van der Waals surface area (Å²) in [5.74, 6) is 4.78. The Bertz CT molecular complexity index is 536. The van der Waals surface area contributed by atoms with Gasteiger partial charge >= 0.3 is 0 Å². The highest BCUT2D eigenvalue weighted by atomic mass is 14.9. The SMILES string of the molecule is CCCCCCCC1CCC(CCC2CCC(c3ncc(CC)cn3)CC2)CC1. The number of hydrogen-bond donors (Lipinski definition) is 0. The Morgan fingerprint density at radius 1 is 0.655 bits per heavy atom. The maximum absolute atomic E-state index is 4.65. The molecule has 0 amide bonds. The molecule has 0 bridgehead atoms. The van der Waals surface area contributed by atoms with Crippen LogP contribution < -0.4 is 0 Å². The lowest BCUT2D eigenvalue weighted by atomic mass is 9.74. The number of rotatable bonds is 11. The number of aryl methyl sites for hydroxylation is 1. The molecule has 0 aliphatic heterocycles. The monoisotopic (exact) mass is 398 g/mol. The largest absolute Gasteiger partial charge is 0.241 e. The first-order valence-corrected chi connectivity index (χ1v) is 13.1. The molecule has 1 heterocycles. The molecule has 2 fully saturated rings. The van der Waals surface area contributed by atoms with E-state index in [1.165, 1.54) is 108 Å². The molecule has 1 aromatic heterocycles. The minimum atomic E-state index is 0.616. The van der Waals surface area contributed by atoms with E-state index in [1.807, 2.05) is 12.4 Å². The minimum Gasteiger partial charge on any atom is -0.241 e. The van der Waals surface area contributed by atoms with E-state index in [9.17, 15) is 0 Å². The molecule has 2 aliphatic carbocycles. The van der Waals surface area contributed by atoms with E-state index in [1.54, 1.807) is 0 Å². The van der Waals surface area contributed by atoms with Gasteiger partial charge in [-0.15, -0.1) is 0 Å². The Balaban J connectivity index is 1.26. The molecule has 2 heteroatoms. The van der Waals surface area contributed by atoms with E-state index in [0.29, 0.717) is 5.92 Å². The van der Waals surface area contributed by atoms with Gasteiger partial charge in [0.25, 0.3) is 0 Å². The van der Waals surface area contributed by atoms with Gasteiger partial charge in [0.05, 0.1) is 0 Å². The summed E-state index contributed by atoms with van der Waals surface area (Å²) in [5, 5.41) is 0. The van der Waals surface area contributed by atoms with Crippen molar-refractivity contribution in [2.24, 2.45) is 17.8 Å². The highest BCUT2D eigenvalue weighted by Crippen LogP contribution is 2.39. The van der Waals surface area contributed by atoms with Crippen LogP contribution in [0, 0.1) is 17.8 Å². The zero-order valence-corrected chi connectivity index (χ0v) is 19.4. The van der Waals surface area contributed by atoms with Crippen LogP contribution in [0.3, 0.4) is 0 Å². The number of unbranched alkanes of at least 4 members (excludes halogenated alkanes) is 4. The zero-order chi connectivity index (χ0) is 20.3. The summed E-state index contributed by atoms with van der Waals surface area (Å²) < 4.78 is 0. The molecule has 1 aromatic rings. The van der Waals surface area contributed by atoms with Crippen LogP contribution >= 0.6 is 0 Å². The van der Waals surface area contributed by atoms with Gasteiger partial charge in [0.1, 0.15) is 5.82 Å². The van der Waals surface area contributed by atoms with Gasteiger partial charge in [-0.25, -0.2) is 9.97 Å². The molecule has 3 rings (SSSR count). The number of nitrogens with zero attached hydrogens (tertiary/aromatic N) is 2. The fourth-order valence-electron chi connectivity index (χ4n) is 5.78. The fraction of sp³-hybridized carbons (Fsp3) is 0.852. The van der Waals surface area contributed by atoms with Crippen molar-refractivity contribution in [2.75, 3.05) is 0 Å². The standard InChI is InChI=1S/C27H46N2/c1-3-5-6-7-8-9-23-10-12-24(13-11-23)14-15-25-16-18-26(19-17-25)27-28-20-22(4-2)21-29-27/h20-21,23-26H,3-19H2,1-2H3. The number of hydrogen-bond acceptors (Lipinski definition) is 2. The zero-order valence-electron chi connectivity index (χ0n) is 19.4. The minimum absolute atomic E-state index is 0.616. The van der Waals surface area contributed by atoms with Gasteiger partial charge in [0.15, 0.2) is 0 Å². The van der Waals surface area contributed by atoms with E-state index < -0.39 is 0 Å². The van der Waals surface area contributed by atoms with Crippen molar-refractivity contribution in [3.05, 3.63) is 23.8 Å². The van der Waals surface area contributed by atoms with E-state index in [-0.39, 0.29) is 0 Å². The van der Waals surface area contributed by atoms with E-state index in [0.717, 1.165) is 30.0 Å². The average Bonchev–Trinajstić information content (AvgIpc) is 2.79. The van der Waals surface area contributed by atoms with Crippen LogP contribution in [0.4, 0.5) is 0 Å². The van der Waals surface area contributed by atoms with Crippen molar-refractivity contribution in [1.82, 2.24) is 9.97 Å². The molecular formula is C27H46N2. The van der Waals surface area contributed by atoms with Crippen molar-refractivity contribution in [3.8, 4) is 0 Å². The average molecular weight is 399 g/mol. The van der Waals surface area contributed by atoms with Gasteiger partial charge in [-0.3, -0.25) is 0 Å². The Morgan fingerprint density at radius 2 is 1.17 bits per heavy atom. The van der Waals surface area contributed by atoms with Gasteiger partial charge in [0.2, 0.25) is 0 Å². The first-order valence-electron chi connectivity index (χ1n) is 13.1. The van der Waals surface area contributed by atoms with Crippen LogP contribution in [0.2, 0.25) is 0 Å². The number of aromatic nitrogens is 2. The second kappa shape index (κ2) is 12.7. The smallest absolute Gasteiger partial charge is 0.131 e. The predicted molar refractivity (Wildman–Crippen MR) is 124 cm³/mol. The normalized spacial score (nSPS) is 27.8. The van der Waals surface area contributed by atoms with Gasteiger partial charge in [0, 0.05) is 18.3 Å². The Morgan fingerprint density at radius 3 is 1.72 bits per heavy atom. The third-order valence-corrected chi connectivity index (χ3v) is 8.01. The van der Waals surface area contributed by atoms with Gasteiger partial charge in [-0.2, -0.15) is 0 Å². The second-order valence-electron chi connectivity index (χ2n) is 10.2. The van der Waals surface area contributed by atoms with Crippen LogP contribution in [0.5, 0.6) is 0 Å². The van der Waals surface area contributed by atoms with Crippen LogP contribution in [0.1, 0.15) is 134 Å². The summed E-state index contributed by atoms with van der Waals surface area (Å²) >= 11 is 0. The molecule has 0 N–H and O–H groups in total. The highest BCUT2D eigenvalue weighted by Gasteiger charge is 2.26. The summed E-state index contributed by atoms with van der Waals surface area (Å²) in [7, 11) is 0. The molecule has 0 radical (unpaired) electrons. The van der Waals surface area contributed by atoms with Crippen LogP contribution in [-0.2, 0) is 6.42 Å². The summed E-state index contributed by atoms with van der Waals surface area (Å²) in [6, 6.07) is 0. The lowest BCUT2D eigenvalue weighted by molar-refractivity contribution is 0.221. The molecule has 0 spiro atoms. The van der Waals surface area contributed by atoms with Gasteiger partial charge in [-0.1, -0.05) is 90.9 Å². The van der Waals surface area contributed by atoms with E-state index in [4.69, 9.17) is 0 Å². The molecule has 0 atom stereocenters. The van der Waals surface area contributed by atoms with Crippen LogP contribution in [0.15, 0.2) is 12.4 Å². The van der Waals surface area contributed by atoms with Crippen molar-refractivity contribution < 1.29 is 0 Å². The van der Waals surface area contributed by atoms with Crippen molar-refractivity contribution in [1.29, 1.82) is 0 Å². The molecule has 0 aromatic carbocycles. The topological polar surface area (TPSA) is 25.8 Å². The molecule has 2 saturated carbocycles. The Kier molecular flexibility index (Phi) is 9.97. The molecule has 2 aliphatic rings. The molecule has 2 nitrogen and oxygen atoms in total.